The molecule has 116 valence electrons. The number of nitrogens with zero attached hydrogens (tertiary/aromatic N) is 1. The molecule has 1 aliphatic carbocycles. The Morgan fingerprint density at radius 3 is 2.90 bits per heavy atom. The third-order valence-electron chi connectivity index (χ3n) is 3.41. The average molecular weight is 308 g/mol. The van der Waals surface area contributed by atoms with Crippen LogP contribution in [0.2, 0.25) is 0 Å². The summed E-state index contributed by atoms with van der Waals surface area (Å²) >= 11 is 1.46. The van der Waals surface area contributed by atoms with Crippen molar-refractivity contribution in [2.75, 3.05) is 19.6 Å². The fourth-order valence-electron chi connectivity index (χ4n) is 1.99. The van der Waals surface area contributed by atoms with E-state index in [0.717, 1.165) is 29.7 Å². The van der Waals surface area contributed by atoms with E-state index in [1.54, 1.807) is 0 Å². The molecule has 5 nitrogen and oxygen atoms in total. The van der Waals surface area contributed by atoms with Crippen LogP contribution in [0, 0.1) is 5.92 Å². The molecule has 0 spiro atoms. The molecule has 1 amide bonds. The van der Waals surface area contributed by atoms with E-state index in [9.17, 15) is 4.79 Å². The van der Waals surface area contributed by atoms with Crippen molar-refractivity contribution in [2.45, 2.75) is 32.7 Å². The van der Waals surface area contributed by atoms with Crippen LogP contribution in [0.5, 0.6) is 0 Å². The van der Waals surface area contributed by atoms with Gasteiger partial charge in [0.25, 0.3) is 5.91 Å². The molecule has 21 heavy (non-hydrogen) atoms. The molecule has 0 aliphatic heterocycles. The summed E-state index contributed by atoms with van der Waals surface area (Å²) in [5.74, 6) is 1.64. The highest BCUT2D eigenvalue weighted by Gasteiger charge is 2.33. The van der Waals surface area contributed by atoms with Gasteiger partial charge in [0.15, 0.2) is 5.96 Å². The number of hydrogen-bond donors (Lipinski definition) is 3. The largest absolute Gasteiger partial charge is 0.357 e. The summed E-state index contributed by atoms with van der Waals surface area (Å²) < 4.78 is 0. The maximum atomic E-state index is 11.7. The van der Waals surface area contributed by atoms with Gasteiger partial charge < -0.3 is 16.0 Å². The Labute approximate surface area is 130 Å². The molecule has 6 heteroatoms. The molecule has 1 aromatic heterocycles. The molecule has 2 rings (SSSR count). The van der Waals surface area contributed by atoms with Crippen LogP contribution in [0.4, 0.5) is 0 Å². The Morgan fingerprint density at radius 1 is 1.48 bits per heavy atom. The Bertz CT molecular complexity index is 472. The first-order valence-electron chi connectivity index (χ1n) is 7.57. The summed E-state index contributed by atoms with van der Waals surface area (Å²) in [7, 11) is 0. The lowest BCUT2D eigenvalue weighted by molar-refractivity contribution is 0.0957. The molecular formula is C15H24N4OS. The van der Waals surface area contributed by atoms with Crippen LogP contribution in [0.15, 0.2) is 22.5 Å². The van der Waals surface area contributed by atoms with Crippen molar-refractivity contribution in [1.29, 1.82) is 0 Å². The van der Waals surface area contributed by atoms with Gasteiger partial charge in [0.1, 0.15) is 0 Å². The highest BCUT2D eigenvalue weighted by atomic mass is 32.1. The summed E-state index contributed by atoms with van der Waals surface area (Å²) in [5.41, 5.74) is 0. The predicted octanol–water partition coefficient (Wildman–Crippen LogP) is 1.83. The van der Waals surface area contributed by atoms with E-state index in [4.69, 9.17) is 0 Å². The van der Waals surface area contributed by atoms with Gasteiger partial charge in [-0.25, -0.2) is 0 Å². The number of carbonyl (C=O) groups excluding carboxylic acids is 1. The van der Waals surface area contributed by atoms with E-state index >= 15 is 0 Å². The summed E-state index contributed by atoms with van der Waals surface area (Å²) in [5, 5.41) is 11.5. The van der Waals surface area contributed by atoms with Gasteiger partial charge in [-0.2, -0.15) is 0 Å². The van der Waals surface area contributed by atoms with Gasteiger partial charge in [-0.1, -0.05) is 13.0 Å². The maximum Gasteiger partial charge on any atom is 0.261 e. The van der Waals surface area contributed by atoms with Crippen LogP contribution in [0.25, 0.3) is 0 Å². The zero-order valence-electron chi connectivity index (χ0n) is 12.7. The Morgan fingerprint density at radius 2 is 2.29 bits per heavy atom. The second-order valence-electron chi connectivity index (χ2n) is 5.31. The smallest absolute Gasteiger partial charge is 0.261 e. The molecule has 1 aliphatic rings. The van der Waals surface area contributed by atoms with E-state index < -0.39 is 0 Å². The number of carbonyl (C=O) groups is 1. The van der Waals surface area contributed by atoms with Crippen LogP contribution in [-0.2, 0) is 0 Å². The minimum Gasteiger partial charge on any atom is -0.357 e. The summed E-state index contributed by atoms with van der Waals surface area (Å²) in [4.78, 5) is 17.0. The first-order chi connectivity index (χ1) is 10.2. The monoisotopic (exact) mass is 308 g/mol. The topological polar surface area (TPSA) is 65.5 Å². The first kappa shape index (κ1) is 15.8. The molecule has 1 fully saturated rings. The van der Waals surface area contributed by atoms with Crippen LogP contribution in [0.1, 0.15) is 36.4 Å². The van der Waals surface area contributed by atoms with Gasteiger partial charge in [-0.15, -0.1) is 11.3 Å². The van der Waals surface area contributed by atoms with Crippen LogP contribution < -0.4 is 16.0 Å². The van der Waals surface area contributed by atoms with E-state index in [1.165, 1.54) is 17.8 Å². The molecule has 3 N–H and O–H groups in total. The van der Waals surface area contributed by atoms with Crippen molar-refractivity contribution in [3.63, 3.8) is 0 Å². The van der Waals surface area contributed by atoms with Crippen LogP contribution >= 0.6 is 11.3 Å². The van der Waals surface area contributed by atoms with E-state index in [2.05, 4.69) is 34.8 Å². The fourth-order valence-corrected chi connectivity index (χ4v) is 2.63. The molecule has 1 heterocycles. The normalized spacial score (nSPS) is 21.0. The highest BCUT2D eigenvalue weighted by molar-refractivity contribution is 7.12. The van der Waals surface area contributed by atoms with Gasteiger partial charge in [-0.3, -0.25) is 9.79 Å². The second kappa shape index (κ2) is 8.02. The van der Waals surface area contributed by atoms with Gasteiger partial charge in [0.05, 0.1) is 4.88 Å². The zero-order valence-corrected chi connectivity index (χ0v) is 13.5. The Hall–Kier alpha value is -1.56. The second-order valence-corrected chi connectivity index (χ2v) is 6.26. The standard InChI is InChI=1S/C15H24N4OS/c1-3-16-15(19-12-10-11(12)2)18-8-5-7-17-14(20)13-6-4-9-21-13/h4,6,9,11-12H,3,5,7-8,10H2,1-2H3,(H,17,20)(H2,16,18,19). The molecule has 0 saturated heterocycles. The van der Waals surface area contributed by atoms with Gasteiger partial charge in [0, 0.05) is 25.7 Å². The lowest BCUT2D eigenvalue weighted by Crippen LogP contribution is -2.39. The van der Waals surface area contributed by atoms with Crippen LogP contribution in [-0.4, -0.2) is 37.5 Å². The SMILES string of the molecule is CCNC(=NCCCNC(=O)c1cccs1)NC1CC1C. The van der Waals surface area contributed by atoms with Gasteiger partial charge >= 0.3 is 0 Å². The minimum atomic E-state index is 0.00539. The third-order valence-corrected chi connectivity index (χ3v) is 4.28. The van der Waals surface area contributed by atoms with E-state index in [-0.39, 0.29) is 5.91 Å². The molecule has 2 unspecified atom stereocenters. The molecule has 1 saturated carbocycles. The molecule has 0 bridgehead atoms. The number of thiophene rings is 1. The molecule has 2 atom stereocenters. The number of hydrogen-bond acceptors (Lipinski definition) is 3. The molecule has 0 radical (unpaired) electrons. The van der Waals surface area contributed by atoms with Crippen LogP contribution in [0.3, 0.4) is 0 Å². The number of aliphatic imine (C=N–C) groups is 1. The fraction of sp³-hybridized carbons (Fsp3) is 0.600. The zero-order chi connectivity index (χ0) is 15.1. The van der Waals surface area contributed by atoms with Gasteiger partial charge in [0.2, 0.25) is 0 Å². The average Bonchev–Trinajstić information content (AvgIpc) is 2.96. The third kappa shape index (κ3) is 5.38. The van der Waals surface area contributed by atoms with E-state index in [0.29, 0.717) is 19.1 Å². The Kier molecular flexibility index (Phi) is 6.04. The van der Waals surface area contributed by atoms with E-state index in [1.807, 2.05) is 17.5 Å². The van der Waals surface area contributed by atoms with Gasteiger partial charge in [-0.05, 0) is 37.1 Å². The number of rotatable bonds is 7. The van der Waals surface area contributed by atoms with Crippen molar-refractivity contribution in [1.82, 2.24) is 16.0 Å². The van der Waals surface area contributed by atoms with Crippen molar-refractivity contribution in [3.8, 4) is 0 Å². The van der Waals surface area contributed by atoms with Crippen molar-refractivity contribution in [3.05, 3.63) is 22.4 Å². The lowest BCUT2D eigenvalue weighted by Gasteiger charge is -2.10. The van der Waals surface area contributed by atoms with Crippen molar-refractivity contribution < 1.29 is 4.79 Å². The predicted molar refractivity (Wildman–Crippen MR) is 88.0 cm³/mol. The number of amides is 1. The molecule has 0 aromatic carbocycles. The summed E-state index contributed by atoms with van der Waals surface area (Å²) in [6, 6.07) is 4.29. The molecule has 1 aromatic rings. The quantitative estimate of drug-likeness (QED) is 0.409. The first-order valence-corrected chi connectivity index (χ1v) is 8.45. The highest BCUT2D eigenvalue weighted by Crippen LogP contribution is 2.28. The molecular weight excluding hydrogens is 284 g/mol. The minimum absolute atomic E-state index is 0.00539. The summed E-state index contributed by atoms with van der Waals surface area (Å²) in [6.45, 7) is 6.53. The maximum absolute atomic E-state index is 11.7. The van der Waals surface area contributed by atoms with Crippen molar-refractivity contribution in [2.24, 2.45) is 10.9 Å². The summed E-state index contributed by atoms with van der Waals surface area (Å²) in [6.07, 6.45) is 2.06. The number of guanidine groups is 1. The number of nitrogens with one attached hydrogen (secondary N) is 3. The lowest BCUT2D eigenvalue weighted by atomic mass is 10.4. The van der Waals surface area contributed by atoms with Crippen molar-refractivity contribution >= 4 is 23.2 Å². The Balaban J connectivity index is 1.64.